The number of anilines is 1. The Morgan fingerprint density at radius 3 is 2.43 bits per heavy atom. The number of halogens is 3. The van der Waals surface area contributed by atoms with Crippen LogP contribution in [0.2, 0.25) is 0 Å². The zero-order valence-corrected chi connectivity index (χ0v) is 16.9. The molecule has 2 heterocycles. The van der Waals surface area contributed by atoms with Gasteiger partial charge in [-0.1, -0.05) is 11.8 Å². The fourth-order valence-electron chi connectivity index (χ4n) is 2.57. The number of carbonyl (C=O) groups excluding carboxylic acids is 1. The molecule has 0 aliphatic carbocycles. The lowest BCUT2D eigenvalue weighted by Crippen LogP contribution is -2.23. The molecule has 30 heavy (non-hydrogen) atoms. The minimum atomic E-state index is -4.76. The van der Waals surface area contributed by atoms with Crippen LogP contribution in [-0.2, 0) is 11.3 Å². The number of nitrogens with zero attached hydrogens (tertiary/aromatic N) is 4. The first kappa shape index (κ1) is 21.6. The largest absolute Gasteiger partial charge is 0.573 e. The number of pyridine rings is 1. The topological polar surface area (TPSA) is 81.9 Å². The van der Waals surface area contributed by atoms with E-state index in [2.05, 4.69) is 25.2 Å². The predicted molar refractivity (Wildman–Crippen MR) is 106 cm³/mol. The van der Waals surface area contributed by atoms with Crippen LogP contribution >= 0.6 is 11.8 Å². The van der Waals surface area contributed by atoms with Gasteiger partial charge in [0.2, 0.25) is 5.91 Å². The molecule has 7 nitrogen and oxygen atoms in total. The molecule has 1 N–H and O–H groups in total. The monoisotopic (exact) mass is 437 g/mol. The second kappa shape index (κ2) is 9.16. The molecule has 0 radical (unpaired) electrons. The van der Waals surface area contributed by atoms with Gasteiger partial charge < -0.3 is 14.6 Å². The Labute approximate surface area is 174 Å². The average Bonchev–Trinajstić information content (AvgIpc) is 3.11. The minimum Gasteiger partial charge on any atom is -0.406 e. The van der Waals surface area contributed by atoms with E-state index in [1.165, 1.54) is 23.9 Å². The normalized spacial score (nSPS) is 12.4. The molecule has 1 atom stereocenters. The average molecular weight is 437 g/mol. The van der Waals surface area contributed by atoms with Gasteiger partial charge in [-0.2, -0.15) is 0 Å². The van der Waals surface area contributed by atoms with Gasteiger partial charge in [-0.15, -0.1) is 23.4 Å². The quantitative estimate of drug-likeness (QED) is 0.553. The summed E-state index contributed by atoms with van der Waals surface area (Å²) in [6.07, 6.45) is -1.43. The molecule has 3 rings (SSSR count). The second-order valence-electron chi connectivity index (χ2n) is 6.11. The van der Waals surface area contributed by atoms with Crippen LogP contribution in [0.3, 0.4) is 0 Å². The van der Waals surface area contributed by atoms with Crippen molar-refractivity contribution in [1.82, 2.24) is 19.7 Å². The van der Waals surface area contributed by atoms with Gasteiger partial charge in [-0.3, -0.25) is 9.78 Å². The molecule has 1 unspecified atom stereocenters. The SMILES string of the molecule is CCn1c(SC(C)C(=O)Nc2ccc(OC(F)(F)F)cc2)nnc1-c1ccncc1. The van der Waals surface area contributed by atoms with Gasteiger partial charge in [0, 0.05) is 30.2 Å². The molecule has 1 amide bonds. The van der Waals surface area contributed by atoms with E-state index >= 15 is 0 Å². The van der Waals surface area contributed by atoms with Crippen LogP contribution in [0.4, 0.5) is 18.9 Å². The summed E-state index contributed by atoms with van der Waals surface area (Å²) in [5.41, 5.74) is 1.22. The van der Waals surface area contributed by atoms with Crippen molar-refractivity contribution in [1.29, 1.82) is 0 Å². The van der Waals surface area contributed by atoms with E-state index < -0.39 is 11.6 Å². The van der Waals surface area contributed by atoms with Crippen molar-refractivity contribution in [2.75, 3.05) is 5.32 Å². The van der Waals surface area contributed by atoms with E-state index in [1.807, 2.05) is 23.6 Å². The number of alkyl halides is 3. The van der Waals surface area contributed by atoms with Crippen LogP contribution in [0.5, 0.6) is 5.75 Å². The Morgan fingerprint density at radius 2 is 1.83 bits per heavy atom. The van der Waals surface area contributed by atoms with Gasteiger partial charge in [-0.25, -0.2) is 0 Å². The molecule has 11 heteroatoms. The highest BCUT2D eigenvalue weighted by molar-refractivity contribution is 8.00. The second-order valence-corrected chi connectivity index (χ2v) is 7.42. The minimum absolute atomic E-state index is 0.319. The molecule has 0 bridgehead atoms. The van der Waals surface area contributed by atoms with Crippen LogP contribution in [0, 0.1) is 0 Å². The molecule has 0 fully saturated rings. The standard InChI is InChI=1S/C19H18F3N5O2S/c1-3-27-16(13-8-10-23-11-9-13)25-26-18(27)30-12(2)17(28)24-14-4-6-15(7-5-14)29-19(20,21)22/h4-12H,3H2,1-2H3,(H,24,28). The Hall–Kier alpha value is -3.08. The van der Waals surface area contributed by atoms with E-state index in [4.69, 9.17) is 0 Å². The molecule has 2 aromatic heterocycles. The number of hydrogen-bond acceptors (Lipinski definition) is 6. The number of hydrogen-bond donors (Lipinski definition) is 1. The summed E-state index contributed by atoms with van der Waals surface area (Å²) in [5.74, 6) is -0.00141. The number of aromatic nitrogens is 4. The van der Waals surface area contributed by atoms with Gasteiger partial charge in [0.15, 0.2) is 11.0 Å². The fourth-order valence-corrected chi connectivity index (χ4v) is 3.48. The van der Waals surface area contributed by atoms with E-state index in [-0.39, 0.29) is 11.7 Å². The number of rotatable bonds is 7. The van der Waals surface area contributed by atoms with Gasteiger partial charge in [0.1, 0.15) is 5.75 Å². The third-order valence-corrected chi connectivity index (χ3v) is 5.06. The van der Waals surface area contributed by atoms with Crippen LogP contribution in [0.1, 0.15) is 13.8 Å². The summed E-state index contributed by atoms with van der Waals surface area (Å²) in [6, 6.07) is 8.60. The molecule has 0 aliphatic heterocycles. The number of nitrogens with one attached hydrogen (secondary N) is 1. The Morgan fingerprint density at radius 1 is 1.17 bits per heavy atom. The molecule has 1 aromatic carbocycles. The highest BCUT2D eigenvalue weighted by atomic mass is 32.2. The van der Waals surface area contributed by atoms with Gasteiger partial charge in [-0.05, 0) is 50.2 Å². The van der Waals surface area contributed by atoms with Gasteiger partial charge in [0.25, 0.3) is 0 Å². The first-order valence-corrected chi connectivity index (χ1v) is 9.81. The molecule has 0 aliphatic rings. The Balaban J connectivity index is 1.65. The zero-order chi connectivity index (χ0) is 21.7. The van der Waals surface area contributed by atoms with Crippen molar-refractivity contribution in [3.63, 3.8) is 0 Å². The molecular weight excluding hydrogens is 419 g/mol. The Kier molecular flexibility index (Phi) is 6.60. The molecule has 3 aromatic rings. The third-order valence-electron chi connectivity index (χ3n) is 3.98. The number of amides is 1. The highest BCUT2D eigenvalue weighted by Crippen LogP contribution is 2.28. The maximum absolute atomic E-state index is 12.5. The van der Waals surface area contributed by atoms with Crippen molar-refractivity contribution in [3.05, 3.63) is 48.8 Å². The molecular formula is C19H18F3N5O2S. The van der Waals surface area contributed by atoms with Crippen molar-refractivity contribution in [2.24, 2.45) is 0 Å². The first-order valence-electron chi connectivity index (χ1n) is 8.93. The molecule has 0 saturated carbocycles. The smallest absolute Gasteiger partial charge is 0.406 e. The third kappa shape index (κ3) is 5.50. The lowest BCUT2D eigenvalue weighted by Gasteiger charge is -2.13. The van der Waals surface area contributed by atoms with Gasteiger partial charge in [0.05, 0.1) is 5.25 Å². The molecule has 0 saturated heterocycles. The summed E-state index contributed by atoms with van der Waals surface area (Å²) < 4.78 is 42.4. The summed E-state index contributed by atoms with van der Waals surface area (Å²) in [7, 11) is 0. The zero-order valence-electron chi connectivity index (χ0n) is 16.1. The van der Waals surface area contributed by atoms with Crippen molar-refractivity contribution >= 4 is 23.4 Å². The van der Waals surface area contributed by atoms with Gasteiger partial charge >= 0.3 is 6.36 Å². The summed E-state index contributed by atoms with van der Waals surface area (Å²) >= 11 is 1.24. The molecule has 0 spiro atoms. The Bertz CT molecular complexity index is 994. The van der Waals surface area contributed by atoms with E-state index in [0.29, 0.717) is 23.2 Å². The van der Waals surface area contributed by atoms with Crippen molar-refractivity contribution < 1.29 is 22.7 Å². The summed E-state index contributed by atoms with van der Waals surface area (Å²) in [6.45, 7) is 4.28. The van der Waals surface area contributed by atoms with Crippen LogP contribution in [0.25, 0.3) is 11.4 Å². The van der Waals surface area contributed by atoms with Crippen LogP contribution in [-0.4, -0.2) is 37.3 Å². The maximum Gasteiger partial charge on any atom is 0.573 e. The molecule has 158 valence electrons. The lowest BCUT2D eigenvalue weighted by molar-refractivity contribution is -0.274. The number of thioether (sulfide) groups is 1. The first-order chi connectivity index (χ1) is 14.3. The number of ether oxygens (including phenoxy) is 1. The fraction of sp³-hybridized carbons (Fsp3) is 0.263. The lowest BCUT2D eigenvalue weighted by atomic mass is 10.2. The maximum atomic E-state index is 12.5. The number of carbonyl (C=O) groups is 1. The van der Waals surface area contributed by atoms with E-state index in [9.17, 15) is 18.0 Å². The highest BCUT2D eigenvalue weighted by Gasteiger charge is 2.31. The summed E-state index contributed by atoms with van der Waals surface area (Å²) in [4.78, 5) is 16.5. The van der Waals surface area contributed by atoms with E-state index in [1.54, 1.807) is 19.3 Å². The van der Waals surface area contributed by atoms with Crippen molar-refractivity contribution in [3.8, 4) is 17.1 Å². The predicted octanol–water partition coefficient (Wildman–Crippen LogP) is 4.38. The summed E-state index contributed by atoms with van der Waals surface area (Å²) in [5, 5.41) is 11.1. The van der Waals surface area contributed by atoms with Crippen LogP contribution in [0.15, 0.2) is 53.9 Å². The van der Waals surface area contributed by atoms with Crippen molar-refractivity contribution in [2.45, 2.75) is 37.2 Å². The van der Waals surface area contributed by atoms with Crippen LogP contribution < -0.4 is 10.1 Å². The van der Waals surface area contributed by atoms with E-state index in [0.717, 1.165) is 17.7 Å². The number of benzene rings is 1.